The Morgan fingerprint density at radius 2 is 2.03 bits per heavy atom. The Balaban J connectivity index is 1.57. The van der Waals surface area contributed by atoms with Gasteiger partial charge in [0.05, 0.1) is 27.9 Å². The quantitative estimate of drug-likeness (QED) is 0.229. The zero-order valence-electron chi connectivity index (χ0n) is 18.1. The summed E-state index contributed by atoms with van der Waals surface area (Å²) in [5, 5.41) is 18.0. The summed E-state index contributed by atoms with van der Waals surface area (Å²) in [5.41, 5.74) is 6.21. The van der Waals surface area contributed by atoms with Crippen LogP contribution in [0.15, 0.2) is 77.9 Å². The van der Waals surface area contributed by atoms with Gasteiger partial charge in [0, 0.05) is 39.7 Å². The molecule has 9 heteroatoms. The van der Waals surface area contributed by atoms with Gasteiger partial charge in [-0.3, -0.25) is 5.10 Å². The van der Waals surface area contributed by atoms with E-state index in [2.05, 4.69) is 47.9 Å². The summed E-state index contributed by atoms with van der Waals surface area (Å²) in [5.74, 6) is 0. The lowest BCUT2D eigenvalue weighted by atomic mass is 10.1. The van der Waals surface area contributed by atoms with E-state index >= 15 is 0 Å². The minimum atomic E-state index is 0.525. The Morgan fingerprint density at radius 1 is 1.18 bits per heavy atom. The van der Waals surface area contributed by atoms with E-state index in [1.165, 1.54) is 0 Å². The van der Waals surface area contributed by atoms with Crippen LogP contribution in [0.5, 0.6) is 0 Å². The molecule has 0 aliphatic carbocycles. The molecule has 170 valence electrons. The van der Waals surface area contributed by atoms with E-state index in [9.17, 15) is 0 Å². The van der Waals surface area contributed by atoms with Gasteiger partial charge >= 0.3 is 0 Å². The van der Waals surface area contributed by atoms with E-state index in [-0.39, 0.29) is 0 Å². The first-order valence-electron chi connectivity index (χ1n) is 10.4. The van der Waals surface area contributed by atoms with Crippen molar-refractivity contribution in [3.63, 3.8) is 0 Å². The molecule has 6 nitrogen and oxygen atoms in total. The fraction of sp³-hybridized carbons (Fsp3) is 0.0800. The van der Waals surface area contributed by atoms with Crippen molar-refractivity contribution in [1.29, 1.82) is 0 Å². The first-order chi connectivity index (χ1) is 16.4. The summed E-state index contributed by atoms with van der Waals surface area (Å²) < 4.78 is 2.74. The highest BCUT2D eigenvalue weighted by atomic mass is 79.9. The Bertz CT molecular complexity index is 1570. The lowest BCUT2D eigenvalue weighted by molar-refractivity contribution is 0.474. The van der Waals surface area contributed by atoms with Crippen LogP contribution in [0, 0.1) is 0 Å². The largest absolute Gasteiger partial charge is 0.370 e. The predicted molar refractivity (Wildman–Crippen MR) is 142 cm³/mol. The van der Waals surface area contributed by atoms with Crippen molar-refractivity contribution in [2.75, 3.05) is 7.05 Å². The third-order valence-electron chi connectivity index (χ3n) is 5.58. The average Bonchev–Trinajstić information content (AvgIpc) is 3.45. The zero-order valence-corrected chi connectivity index (χ0v) is 21.2. The van der Waals surface area contributed by atoms with Gasteiger partial charge in [0.1, 0.15) is 5.52 Å². The smallest absolute Gasteiger partial charge is 0.132 e. The number of hydrogen-bond acceptors (Lipinski definition) is 4. The monoisotopic (exact) mass is 552 g/mol. The molecule has 1 N–H and O–H groups in total. The highest BCUT2D eigenvalue weighted by molar-refractivity contribution is 9.10. The normalized spacial score (nSPS) is 11.9. The third-order valence-corrected chi connectivity index (χ3v) is 6.84. The second-order valence-electron chi connectivity index (χ2n) is 7.85. The molecule has 2 aromatic heterocycles. The molecule has 0 bridgehead atoms. The number of rotatable bonds is 6. The minimum absolute atomic E-state index is 0.525. The molecule has 0 aliphatic heterocycles. The molecule has 0 aliphatic rings. The Kier molecular flexibility index (Phi) is 6.16. The highest BCUT2D eigenvalue weighted by Gasteiger charge is 2.16. The number of allylic oxidation sites excluding steroid dienone is 2. The predicted octanol–water partition coefficient (Wildman–Crippen LogP) is 7.03. The van der Waals surface area contributed by atoms with Crippen LogP contribution in [-0.2, 0) is 6.54 Å². The van der Waals surface area contributed by atoms with Gasteiger partial charge in [0.2, 0.25) is 0 Å². The fourth-order valence-electron chi connectivity index (χ4n) is 3.92. The molecule has 3 aromatic carbocycles. The van der Waals surface area contributed by atoms with E-state index in [4.69, 9.17) is 23.2 Å². The van der Waals surface area contributed by atoms with E-state index in [0.717, 1.165) is 43.4 Å². The van der Waals surface area contributed by atoms with Crippen molar-refractivity contribution < 1.29 is 0 Å². The molecule has 34 heavy (non-hydrogen) atoms. The number of nitrogens with one attached hydrogen (secondary N) is 1. The van der Waals surface area contributed by atoms with Gasteiger partial charge < -0.3 is 4.90 Å². The summed E-state index contributed by atoms with van der Waals surface area (Å²) in [6, 6.07) is 15.7. The number of nitrogens with zero attached hydrogens (tertiary/aromatic N) is 5. The molecule has 5 aromatic rings. The number of fused-ring (bicyclic) bond motifs is 2. The lowest BCUT2D eigenvalue weighted by Crippen LogP contribution is -2.16. The van der Waals surface area contributed by atoms with Crippen molar-refractivity contribution >= 4 is 66.8 Å². The molecule has 5 rings (SSSR count). The number of aromatic nitrogens is 5. The lowest BCUT2D eigenvalue weighted by Gasteiger charge is -2.24. The summed E-state index contributed by atoms with van der Waals surface area (Å²) in [6.07, 6.45) is 5.52. The molecular formula is C25H19BrCl2N6. The molecule has 0 atom stereocenters. The van der Waals surface area contributed by atoms with Gasteiger partial charge in [-0.2, -0.15) is 5.10 Å². The Labute approximate surface area is 214 Å². The molecule has 2 heterocycles. The fourth-order valence-corrected chi connectivity index (χ4v) is 4.98. The van der Waals surface area contributed by atoms with E-state index < -0.39 is 0 Å². The molecule has 0 saturated carbocycles. The maximum atomic E-state index is 6.67. The van der Waals surface area contributed by atoms with E-state index in [0.29, 0.717) is 22.1 Å². The van der Waals surface area contributed by atoms with Crippen LogP contribution in [0.2, 0.25) is 10.0 Å². The molecule has 0 unspecified atom stereocenters. The van der Waals surface area contributed by atoms with Gasteiger partial charge in [0.25, 0.3) is 0 Å². The molecule has 0 fully saturated rings. The van der Waals surface area contributed by atoms with Crippen LogP contribution in [-0.4, -0.2) is 37.1 Å². The van der Waals surface area contributed by atoms with Crippen LogP contribution >= 0.6 is 39.1 Å². The number of benzene rings is 3. The second-order valence-corrected chi connectivity index (χ2v) is 9.55. The van der Waals surface area contributed by atoms with Crippen molar-refractivity contribution in [2.45, 2.75) is 6.54 Å². The Hall–Kier alpha value is -3.13. The molecule has 0 spiro atoms. The van der Waals surface area contributed by atoms with Crippen molar-refractivity contribution in [1.82, 2.24) is 30.1 Å². The van der Waals surface area contributed by atoms with Crippen LogP contribution in [0.3, 0.4) is 0 Å². The van der Waals surface area contributed by atoms with Crippen molar-refractivity contribution in [3.05, 3.63) is 99.1 Å². The van der Waals surface area contributed by atoms with Crippen LogP contribution < -0.4 is 0 Å². The maximum Gasteiger partial charge on any atom is 0.132 e. The number of halogens is 3. The number of hydrogen-bond donors (Lipinski definition) is 1. The summed E-state index contributed by atoms with van der Waals surface area (Å²) in [4.78, 5) is 2.14. The van der Waals surface area contributed by atoms with Crippen LogP contribution in [0.4, 0.5) is 0 Å². The summed E-state index contributed by atoms with van der Waals surface area (Å²) in [7, 11) is 2.02. The summed E-state index contributed by atoms with van der Waals surface area (Å²) in [6.45, 7) is 4.56. The molecule has 0 radical (unpaired) electrons. The topological polar surface area (TPSA) is 62.6 Å². The SMILES string of the molecule is C=C/C=C(/c1cc(Cl)c2nnn(-c3ccc4cn[nH]c4c3)c2c1)N(C)Cc1ccc(Cl)cc1Br. The second kappa shape index (κ2) is 9.25. The molecule has 0 saturated heterocycles. The zero-order chi connectivity index (χ0) is 23.8. The maximum absolute atomic E-state index is 6.67. The summed E-state index contributed by atoms with van der Waals surface area (Å²) >= 11 is 16.4. The number of H-pyrrole nitrogens is 1. The van der Waals surface area contributed by atoms with Gasteiger partial charge in [-0.05, 0) is 54.1 Å². The van der Waals surface area contributed by atoms with Gasteiger partial charge in [-0.25, -0.2) is 4.68 Å². The first-order valence-corrected chi connectivity index (χ1v) is 12.0. The first kappa shape index (κ1) is 22.7. The minimum Gasteiger partial charge on any atom is -0.370 e. The van der Waals surface area contributed by atoms with Gasteiger partial charge in [-0.15, -0.1) is 5.10 Å². The van der Waals surface area contributed by atoms with Crippen molar-refractivity contribution in [3.8, 4) is 5.69 Å². The van der Waals surface area contributed by atoms with Gasteiger partial charge in [-0.1, -0.05) is 63.1 Å². The molecule has 0 amide bonds. The Morgan fingerprint density at radius 3 is 2.82 bits per heavy atom. The van der Waals surface area contributed by atoms with Crippen LogP contribution in [0.1, 0.15) is 11.1 Å². The highest BCUT2D eigenvalue weighted by Crippen LogP contribution is 2.32. The van der Waals surface area contributed by atoms with Crippen molar-refractivity contribution in [2.24, 2.45) is 0 Å². The average molecular weight is 554 g/mol. The van der Waals surface area contributed by atoms with Gasteiger partial charge in [0.15, 0.2) is 0 Å². The third kappa shape index (κ3) is 4.22. The molecular weight excluding hydrogens is 535 g/mol. The standard InChI is InChI=1S/C25H19BrCl2N6/c1-3-4-23(33(2)14-16-5-7-18(27)11-20(16)26)17-9-21(28)25-24(10-17)34(32-31-25)19-8-6-15-13-29-30-22(15)12-19/h3-13H,1,14H2,2H3,(H,29,30)/b23-4-. The van der Waals surface area contributed by atoms with E-state index in [1.54, 1.807) is 17.0 Å². The van der Waals surface area contributed by atoms with E-state index in [1.807, 2.05) is 61.7 Å². The van der Waals surface area contributed by atoms with Crippen LogP contribution in [0.25, 0.3) is 33.3 Å². The number of aromatic amines is 1.